The highest BCUT2D eigenvalue weighted by atomic mass is 32.1. The summed E-state index contributed by atoms with van der Waals surface area (Å²) in [7, 11) is 0. The van der Waals surface area contributed by atoms with Gasteiger partial charge in [0.2, 0.25) is 0 Å². The van der Waals surface area contributed by atoms with E-state index in [2.05, 4.69) is 21.8 Å². The van der Waals surface area contributed by atoms with Crippen molar-refractivity contribution in [1.29, 1.82) is 0 Å². The van der Waals surface area contributed by atoms with E-state index in [1.54, 1.807) is 11.3 Å². The zero-order valence-electron chi connectivity index (χ0n) is 7.32. The van der Waals surface area contributed by atoms with Gasteiger partial charge in [0, 0.05) is 11.8 Å². The van der Waals surface area contributed by atoms with Gasteiger partial charge in [-0.2, -0.15) is 11.3 Å². The van der Waals surface area contributed by atoms with Gasteiger partial charge in [-0.05, 0) is 40.9 Å². The monoisotopic (exact) mass is 190 g/mol. The van der Waals surface area contributed by atoms with Crippen LogP contribution in [0.15, 0.2) is 29.1 Å². The summed E-state index contributed by atoms with van der Waals surface area (Å²) in [6.45, 7) is 2.05. The van der Waals surface area contributed by atoms with Crippen molar-refractivity contribution < 1.29 is 0 Å². The van der Waals surface area contributed by atoms with Crippen molar-refractivity contribution in [2.24, 2.45) is 0 Å². The highest BCUT2D eigenvalue weighted by Crippen LogP contribution is 2.25. The SMILES string of the molecule is Cc1cc(N)ncc1-c1ccsc1. The topological polar surface area (TPSA) is 38.9 Å². The molecule has 0 saturated heterocycles. The maximum absolute atomic E-state index is 5.57. The first-order valence-corrected chi connectivity index (χ1v) is 4.96. The maximum Gasteiger partial charge on any atom is 0.123 e. The van der Waals surface area contributed by atoms with Crippen LogP contribution in [0.3, 0.4) is 0 Å². The summed E-state index contributed by atoms with van der Waals surface area (Å²) in [5.74, 6) is 0.580. The lowest BCUT2D eigenvalue weighted by Gasteiger charge is -2.02. The molecular weight excluding hydrogens is 180 g/mol. The second-order valence-corrected chi connectivity index (χ2v) is 3.72. The molecule has 2 aromatic rings. The number of rotatable bonds is 1. The molecule has 2 N–H and O–H groups in total. The van der Waals surface area contributed by atoms with Crippen LogP contribution in [-0.2, 0) is 0 Å². The van der Waals surface area contributed by atoms with E-state index in [4.69, 9.17) is 5.73 Å². The normalized spacial score (nSPS) is 10.2. The van der Waals surface area contributed by atoms with Gasteiger partial charge in [-0.1, -0.05) is 0 Å². The van der Waals surface area contributed by atoms with Gasteiger partial charge in [-0.25, -0.2) is 4.98 Å². The molecule has 0 spiro atoms. The maximum atomic E-state index is 5.57. The first kappa shape index (κ1) is 8.26. The van der Waals surface area contributed by atoms with E-state index in [9.17, 15) is 0 Å². The van der Waals surface area contributed by atoms with Crippen LogP contribution in [0.5, 0.6) is 0 Å². The fourth-order valence-electron chi connectivity index (χ4n) is 1.30. The van der Waals surface area contributed by atoms with Crippen LogP contribution in [0.4, 0.5) is 5.82 Å². The third kappa shape index (κ3) is 1.55. The number of anilines is 1. The van der Waals surface area contributed by atoms with Crippen molar-refractivity contribution in [1.82, 2.24) is 4.98 Å². The third-order valence-corrected chi connectivity index (χ3v) is 2.65. The van der Waals surface area contributed by atoms with E-state index in [-0.39, 0.29) is 0 Å². The molecular formula is C10H10N2S. The lowest BCUT2D eigenvalue weighted by atomic mass is 10.1. The Hall–Kier alpha value is -1.35. The second-order valence-electron chi connectivity index (χ2n) is 2.94. The molecule has 2 aromatic heterocycles. The number of hydrogen-bond donors (Lipinski definition) is 1. The molecule has 13 heavy (non-hydrogen) atoms. The van der Waals surface area contributed by atoms with E-state index in [1.807, 2.05) is 19.2 Å². The molecule has 0 aromatic carbocycles. The summed E-state index contributed by atoms with van der Waals surface area (Å²) >= 11 is 1.69. The fraction of sp³-hybridized carbons (Fsp3) is 0.100. The van der Waals surface area contributed by atoms with Crippen LogP contribution in [0, 0.1) is 6.92 Å². The molecule has 0 atom stereocenters. The van der Waals surface area contributed by atoms with Crippen LogP contribution < -0.4 is 5.73 Å². The highest BCUT2D eigenvalue weighted by Gasteiger charge is 2.02. The third-order valence-electron chi connectivity index (χ3n) is 1.96. The Morgan fingerprint density at radius 3 is 2.92 bits per heavy atom. The van der Waals surface area contributed by atoms with Crippen molar-refractivity contribution in [2.45, 2.75) is 6.92 Å². The van der Waals surface area contributed by atoms with Gasteiger partial charge in [-0.15, -0.1) is 0 Å². The Morgan fingerprint density at radius 1 is 1.46 bits per heavy atom. The summed E-state index contributed by atoms with van der Waals surface area (Å²) in [5, 5.41) is 4.17. The van der Waals surface area contributed by atoms with Gasteiger partial charge < -0.3 is 5.73 Å². The molecule has 0 aliphatic heterocycles. The van der Waals surface area contributed by atoms with Gasteiger partial charge in [0.05, 0.1) is 0 Å². The van der Waals surface area contributed by atoms with E-state index in [0.717, 1.165) is 5.56 Å². The number of nitrogens with two attached hydrogens (primary N) is 1. The molecule has 2 heterocycles. The zero-order chi connectivity index (χ0) is 9.26. The highest BCUT2D eigenvalue weighted by molar-refractivity contribution is 7.08. The van der Waals surface area contributed by atoms with Gasteiger partial charge >= 0.3 is 0 Å². The Balaban J connectivity index is 2.53. The predicted molar refractivity (Wildman–Crippen MR) is 56.7 cm³/mol. The minimum absolute atomic E-state index is 0.580. The van der Waals surface area contributed by atoms with Gasteiger partial charge in [-0.3, -0.25) is 0 Å². The van der Waals surface area contributed by atoms with E-state index < -0.39 is 0 Å². The zero-order valence-corrected chi connectivity index (χ0v) is 8.14. The summed E-state index contributed by atoms with van der Waals surface area (Å²) in [6.07, 6.45) is 1.83. The second kappa shape index (κ2) is 3.18. The Labute approximate surface area is 81.1 Å². The first-order valence-electron chi connectivity index (χ1n) is 4.02. The summed E-state index contributed by atoms with van der Waals surface area (Å²) in [4.78, 5) is 4.08. The minimum Gasteiger partial charge on any atom is -0.384 e. The number of hydrogen-bond acceptors (Lipinski definition) is 3. The summed E-state index contributed by atoms with van der Waals surface area (Å²) in [5.41, 5.74) is 9.12. The molecule has 3 heteroatoms. The number of aromatic nitrogens is 1. The lowest BCUT2D eigenvalue weighted by molar-refractivity contribution is 1.30. The van der Waals surface area contributed by atoms with Crippen molar-refractivity contribution in [2.75, 3.05) is 5.73 Å². The van der Waals surface area contributed by atoms with Gasteiger partial charge in [0.15, 0.2) is 0 Å². The van der Waals surface area contributed by atoms with Gasteiger partial charge in [0.1, 0.15) is 5.82 Å². The van der Waals surface area contributed by atoms with Crippen LogP contribution in [0.1, 0.15) is 5.56 Å². The molecule has 0 amide bonds. The van der Waals surface area contributed by atoms with Crippen LogP contribution in [0.25, 0.3) is 11.1 Å². The van der Waals surface area contributed by atoms with Crippen molar-refractivity contribution in [3.63, 3.8) is 0 Å². The van der Waals surface area contributed by atoms with Crippen molar-refractivity contribution in [3.8, 4) is 11.1 Å². The molecule has 0 radical (unpaired) electrons. The van der Waals surface area contributed by atoms with Crippen molar-refractivity contribution in [3.05, 3.63) is 34.7 Å². The molecule has 0 saturated carbocycles. The van der Waals surface area contributed by atoms with E-state index in [1.165, 1.54) is 11.1 Å². The molecule has 0 unspecified atom stereocenters. The van der Waals surface area contributed by atoms with Crippen molar-refractivity contribution >= 4 is 17.2 Å². The first-order chi connectivity index (χ1) is 6.27. The molecule has 2 nitrogen and oxygen atoms in total. The Kier molecular flexibility index (Phi) is 2.02. The summed E-state index contributed by atoms with van der Waals surface area (Å²) in [6, 6.07) is 3.98. The fourth-order valence-corrected chi connectivity index (χ4v) is 1.95. The number of thiophene rings is 1. The Morgan fingerprint density at radius 2 is 2.31 bits per heavy atom. The smallest absolute Gasteiger partial charge is 0.123 e. The van der Waals surface area contributed by atoms with Crippen LogP contribution in [0.2, 0.25) is 0 Å². The molecule has 0 aliphatic rings. The number of nitrogens with zero attached hydrogens (tertiary/aromatic N) is 1. The van der Waals surface area contributed by atoms with Gasteiger partial charge in [0.25, 0.3) is 0 Å². The molecule has 0 fully saturated rings. The standard InChI is InChI=1S/C10H10N2S/c1-7-4-10(11)12-5-9(7)8-2-3-13-6-8/h2-6H,1H3,(H2,11,12). The quantitative estimate of drug-likeness (QED) is 0.751. The minimum atomic E-state index is 0.580. The number of nitrogen functional groups attached to an aromatic ring is 1. The van der Waals surface area contributed by atoms with E-state index >= 15 is 0 Å². The molecule has 66 valence electrons. The van der Waals surface area contributed by atoms with Crippen LogP contribution >= 0.6 is 11.3 Å². The average Bonchev–Trinajstić information content (AvgIpc) is 2.56. The summed E-state index contributed by atoms with van der Waals surface area (Å²) < 4.78 is 0. The largest absolute Gasteiger partial charge is 0.384 e. The van der Waals surface area contributed by atoms with E-state index in [0.29, 0.717) is 5.82 Å². The number of aryl methyl sites for hydroxylation is 1. The predicted octanol–water partition coefficient (Wildman–Crippen LogP) is 2.70. The lowest BCUT2D eigenvalue weighted by Crippen LogP contribution is -1.91. The molecule has 0 aliphatic carbocycles. The number of pyridine rings is 1. The van der Waals surface area contributed by atoms with Crippen LogP contribution in [-0.4, -0.2) is 4.98 Å². The molecule has 0 bridgehead atoms. The average molecular weight is 190 g/mol. The Bertz CT molecular complexity index is 407. The molecule has 2 rings (SSSR count).